The second kappa shape index (κ2) is 8.41. The summed E-state index contributed by atoms with van der Waals surface area (Å²) in [4.78, 5) is 21.4. The molecule has 0 saturated carbocycles. The van der Waals surface area contributed by atoms with E-state index in [9.17, 15) is 4.79 Å². The highest BCUT2D eigenvalue weighted by Gasteiger charge is 2.18. The molecule has 8 heteroatoms. The Labute approximate surface area is 177 Å². The molecular weight excluding hydrogens is 410 g/mol. The zero-order valence-electron chi connectivity index (χ0n) is 16.1. The van der Waals surface area contributed by atoms with Crippen LogP contribution in [0.15, 0.2) is 42.5 Å². The number of rotatable bonds is 6. The predicted molar refractivity (Wildman–Crippen MR) is 117 cm³/mol. The summed E-state index contributed by atoms with van der Waals surface area (Å²) in [6, 6.07) is 11.1. The van der Waals surface area contributed by atoms with Gasteiger partial charge in [0.05, 0.1) is 10.2 Å². The van der Waals surface area contributed by atoms with Gasteiger partial charge >= 0.3 is 0 Å². The molecule has 1 aliphatic heterocycles. The molecule has 2 aromatic carbocycles. The molecule has 2 heterocycles. The quantitative estimate of drug-likeness (QED) is 0.547. The van der Waals surface area contributed by atoms with E-state index in [2.05, 4.69) is 4.98 Å². The third-order valence-corrected chi connectivity index (χ3v) is 5.70. The molecule has 0 fully saturated rings. The van der Waals surface area contributed by atoms with Gasteiger partial charge in [-0.15, -0.1) is 0 Å². The zero-order valence-corrected chi connectivity index (χ0v) is 17.7. The van der Waals surface area contributed by atoms with Crippen molar-refractivity contribution >= 4 is 50.3 Å². The van der Waals surface area contributed by atoms with Gasteiger partial charge in [-0.05, 0) is 56.1 Å². The smallest absolute Gasteiger partial charge is 0.252 e. The van der Waals surface area contributed by atoms with Crippen LogP contribution < -0.4 is 14.4 Å². The number of amides is 1. The van der Waals surface area contributed by atoms with E-state index in [4.69, 9.17) is 21.1 Å². The number of anilines is 1. The van der Waals surface area contributed by atoms with Gasteiger partial charge in [0.15, 0.2) is 16.6 Å². The lowest BCUT2D eigenvalue weighted by Crippen LogP contribution is -2.35. The lowest BCUT2D eigenvalue weighted by Gasteiger charge is -2.20. The van der Waals surface area contributed by atoms with E-state index in [0.29, 0.717) is 28.2 Å². The highest BCUT2D eigenvalue weighted by atomic mass is 35.5. The highest BCUT2D eigenvalue weighted by Crippen LogP contribution is 2.33. The number of ether oxygens (including phenoxy) is 2. The monoisotopic (exact) mass is 429 g/mol. The van der Waals surface area contributed by atoms with E-state index in [1.54, 1.807) is 23.1 Å². The fourth-order valence-electron chi connectivity index (χ4n) is 2.88. The number of carbonyl (C=O) groups is 1. The fourth-order valence-corrected chi connectivity index (χ4v) is 4.15. The first-order valence-corrected chi connectivity index (χ1v) is 10.3. The van der Waals surface area contributed by atoms with Gasteiger partial charge in [0.1, 0.15) is 0 Å². The molecule has 3 aromatic rings. The van der Waals surface area contributed by atoms with Crippen molar-refractivity contribution in [1.29, 1.82) is 0 Å². The van der Waals surface area contributed by atoms with E-state index < -0.39 is 0 Å². The molecule has 4 rings (SSSR count). The van der Waals surface area contributed by atoms with Gasteiger partial charge in [0.2, 0.25) is 6.79 Å². The number of benzene rings is 2. The summed E-state index contributed by atoms with van der Waals surface area (Å²) in [5.74, 6) is 1.27. The third kappa shape index (κ3) is 4.53. The van der Waals surface area contributed by atoms with Crippen molar-refractivity contribution in [2.24, 2.45) is 0 Å². The molecule has 0 bridgehead atoms. The maximum absolute atomic E-state index is 13.0. The fraction of sp³-hybridized carbons (Fsp3) is 0.238. The molecule has 0 spiro atoms. The summed E-state index contributed by atoms with van der Waals surface area (Å²) < 4.78 is 11.7. The zero-order chi connectivity index (χ0) is 20.4. The van der Waals surface area contributed by atoms with E-state index in [-0.39, 0.29) is 12.7 Å². The van der Waals surface area contributed by atoms with Crippen LogP contribution in [-0.2, 0) is 4.79 Å². The molecule has 0 saturated heterocycles. The van der Waals surface area contributed by atoms with Crippen LogP contribution in [0.5, 0.6) is 11.5 Å². The van der Waals surface area contributed by atoms with Gasteiger partial charge < -0.3 is 14.4 Å². The van der Waals surface area contributed by atoms with E-state index >= 15 is 0 Å². The summed E-state index contributed by atoms with van der Waals surface area (Å²) >= 11 is 7.55. The number of likely N-dealkylation sites (N-methyl/N-ethyl adjacent to an activating group) is 1. The molecule has 0 unspecified atom stereocenters. The Bertz CT molecular complexity index is 1080. The van der Waals surface area contributed by atoms with E-state index in [0.717, 1.165) is 22.3 Å². The Kier molecular flexibility index (Phi) is 5.71. The van der Waals surface area contributed by atoms with Gasteiger partial charge in [0, 0.05) is 24.2 Å². The standard InChI is InChI=1S/C21H20ClN3O3S/c1-24(2)9-10-25(21-23-16-6-5-15(22)12-19(16)29-21)20(26)8-4-14-3-7-17-18(11-14)28-13-27-17/h3-8,11-12H,9-10,13H2,1-2H3/b8-4+. The van der Waals surface area contributed by atoms with E-state index in [1.807, 2.05) is 49.3 Å². The number of hydrogen-bond donors (Lipinski definition) is 0. The Balaban J connectivity index is 1.58. The number of aromatic nitrogens is 1. The first kappa shape index (κ1) is 19.7. The molecular formula is C21H20ClN3O3S. The number of fused-ring (bicyclic) bond motifs is 2. The molecule has 0 aliphatic carbocycles. The van der Waals surface area contributed by atoms with E-state index in [1.165, 1.54) is 11.3 Å². The van der Waals surface area contributed by atoms with Gasteiger partial charge in [-0.1, -0.05) is 29.0 Å². The topological polar surface area (TPSA) is 54.9 Å². The van der Waals surface area contributed by atoms with Crippen molar-refractivity contribution in [1.82, 2.24) is 9.88 Å². The summed E-state index contributed by atoms with van der Waals surface area (Å²) in [7, 11) is 3.95. The average Bonchev–Trinajstić information content (AvgIpc) is 3.32. The molecule has 0 atom stereocenters. The predicted octanol–water partition coefficient (Wildman–Crippen LogP) is 4.29. The number of thiazole rings is 1. The minimum atomic E-state index is -0.130. The van der Waals surface area contributed by atoms with Gasteiger partial charge in [-0.3, -0.25) is 9.69 Å². The average molecular weight is 430 g/mol. The summed E-state index contributed by atoms with van der Waals surface area (Å²) in [5.41, 5.74) is 1.70. The van der Waals surface area contributed by atoms with Crippen molar-refractivity contribution < 1.29 is 14.3 Å². The van der Waals surface area contributed by atoms with Gasteiger partial charge in [0.25, 0.3) is 5.91 Å². The van der Waals surface area contributed by atoms with Crippen LogP contribution in [0.1, 0.15) is 5.56 Å². The Hall–Kier alpha value is -2.61. The SMILES string of the molecule is CN(C)CCN(C(=O)/C=C/c1ccc2c(c1)OCO2)c1nc2ccc(Cl)cc2s1. The Morgan fingerprint density at radius 1 is 1.17 bits per heavy atom. The number of carbonyl (C=O) groups excluding carboxylic acids is 1. The molecule has 0 N–H and O–H groups in total. The second-order valence-electron chi connectivity index (χ2n) is 6.85. The van der Waals surface area contributed by atoms with Crippen molar-refractivity contribution in [3.05, 3.63) is 53.1 Å². The van der Waals surface area contributed by atoms with Crippen molar-refractivity contribution in [3.8, 4) is 11.5 Å². The van der Waals surface area contributed by atoms with Crippen LogP contribution in [-0.4, -0.2) is 49.8 Å². The van der Waals surface area contributed by atoms with Crippen LogP contribution in [0.4, 0.5) is 5.13 Å². The Morgan fingerprint density at radius 3 is 2.83 bits per heavy atom. The molecule has 0 radical (unpaired) electrons. The molecule has 150 valence electrons. The lowest BCUT2D eigenvalue weighted by atomic mass is 10.2. The number of hydrogen-bond acceptors (Lipinski definition) is 6. The Morgan fingerprint density at radius 2 is 2.00 bits per heavy atom. The van der Waals surface area contributed by atoms with Crippen molar-refractivity contribution in [3.63, 3.8) is 0 Å². The normalized spacial score (nSPS) is 13.0. The van der Waals surface area contributed by atoms with Gasteiger partial charge in [-0.2, -0.15) is 0 Å². The third-order valence-electron chi connectivity index (χ3n) is 4.42. The van der Waals surface area contributed by atoms with Crippen molar-refractivity contribution in [2.75, 3.05) is 38.9 Å². The molecule has 29 heavy (non-hydrogen) atoms. The van der Waals surface area contributed by atoms with Crippen LogP contribution >= 0.6 is 22.9 Å². The lowest BCUT2D eigenvalue weighted by molar-refractivity contribution is -0.114. The maximum Gasteiger partial charge on any atom is 0.252 e. The van der Waals surface area contributed by atoms with Gasteiger partial charge in [-0.25, -0.2) is 4.98 Å². The second-order valence-corrected chi connectivity index (χ2v) is 8.29. The minimum Gasteiger partial charge on any atom is -0.454 e. The van der Waals surface area contributed by atoms with Crippen molar-refractivity contribution in [2.45, 2.75) is 0 Å². The largest absolute Gasteiger partial charge is 0.454 e. The van der Waals surface area contributed by atoms with Crippen LogP contribution in [0.2, 0.25) is 5.02 Å². The summed E-state index contributed by atoms with van der Waals surface area (Å²) in [6.45, 7) is 1.48. The maximum atomic E-state index is 13.0. The number of nitrogens with zero attached hydrogens (tertiary/aromatic N) is 3. The first-order chi connectivity index (χ1) is 14.0. The van der Waals surface area contributed by atoms with Crippen LogP contribution in [0.3, 0.4) is 0 Å². The molecule has 1 amide bonds. The molecule has 1 aromatic heterocycles. The summed E-state index contributed by atoms with van der Waals surface area (Å²) in [5, 5.41) is 1.31. The van der Waals surface area contributed by atoms with Crippen LogP contribution in [0, 0.1) is 0 Å². The number of halogens is 1. The first-order valence-electron chi connectivity index (χ1n) is 9.10. The van der Waals surface area contributed by atoms with Crippen LogP contribution in [0.25, 0.3) is 16.3 Å². The minimum absolute atomic E-state index is 0.130. The summed E-state index contributed by atoms with van der Waals surface area (Å²) in [6.07, 6.45) is 3.34. The molecule has 6 nitrogen and oxygen atoms in total. The highest BCUT2D eigenvalue weighted by molar-refractivity contribution is 7.22. The molecule has 1 aliphatic rings.